The summed E-state index contributed by atoms with van der Waals surface area (Å²) in [5, 5.41) is 11.4. The fraction of sp³-hybridized carbons (Fsp3) is 0.471. The van der Waals surface area contributed by atoms with Crippen LogP contribution in [0.5, 0.6) is 0 Å². The van der Waals surface area contributed by atoms with Gasteiger partial charge in [-0.3, -0.25) is 14.5 Å². The van der Waals surface area contributed by atoms with Crippen LogP contribution in [-0.2, 0) is 14.3 Å². The first-order valence-electron chi connectivity index (χ1n) is 8.36. The van der Waals surface area contributed by atoms with Gasteiger partial charge in [-0.15, -0.1) is 0 Å². The van der Waals surface area contributed by atoms with E-state index in [4.69, 9.17) is 9.94 Å². The number of amides is 2. The lowest BCUT2D eigenvalue weighted by molar-refractivity contribution is -0.126. The monoisotopic (exact) mass is 365 g/mol. The highest BCUT2D eigenvalue weighted by atomic mass is 19.1. The summed E-state index contributed by atoms with van der Waals surface area (Å²) in [6, 6.07) is 3.79. The lowest BCUT2D eigenvalue weighted by Crippen LogP contribution is -2.39. The van der Waals surface area contributed by atoms with Gasteiger partial charge in [-0.25, -0.2) is 9.18 Å². The normalized spacial score (nSPS) is 26.0. The first-order valence-corrected chi connectivity index (χ1v) is 8.36. The van der Waals surface area contributed by atoms with Gasteiger partial charge in [0.1, 0.15) is 5.82 Å². The number of Topliss-reactive ketones (excluding diaryl/α,β-unsaturated/α-hetero) is 1. The van der Waals surface area contributed by atoms with Gasteiger partial charge < -0.3 is 15.3 Å². The highest BCUT2D eigenvalue weighted by Crippen LogP contribution is 2.34. The van der Waals surface area contributed by atoms with Gasteiger partial charge in [0.25, 0.3) is 0 Å². The minimum atomic E-state index is -0.776. The third kappa shape index (κ3) is 3.68. The maximum atomic E-state index is 14.6. The van der Waals surface area contributed by atoms with Crippen molar-refractivity contribution in [2.45, 2.75) is 44.4 Å². The Balaban J connectivity index is 1.73. The minimum absolute atomic E-state index is 0.0863. The van der Waals surface area contributed by atoms with Crippen LogP contribution in [0.2, 0.25) is 0 Å². The summed E-state index contributed by atoms with van der Waals surface area (Å²) in [6.07, 6.45) is -0.304. The number of hydroxylamine groups is 1. The van der Waals surface area contributed by atoms with Gasteiger partial charge in [0.15, 0.2) is 12.0 Å². The highest BCUT2D eigenvalue weighted by Gasteiger charge is 2.34. The summed E-state index contributed by atoms with van der Waals surface area (Å²) in [5.74, 6) is -1.26. The SMILES string of the molecule is CC(=O)NC1CN(c2ccc(C3CCC(NO)C(=O)C3)c(F)c2)C(=O)O1. The summed E-state index contributed by atoms with van der Waals surface area (Å²) in [5.41, 5.74) is 2.71. The molecule has 0 aromatic heterocycles. The Morgan fingerprint density at radius 3 is 2.73 bits per heavy atom. The van der Waals surface area contributed by atoms with Crippen LogP contribution in [0.3, 0.4) is 0 Å². The molecule has 3 atom stereocenters. The summed E-state index contributed by atoms with van der Waals surface area (Å²) in [6.45, 7) is 1.40. The first kappa shape index (κ1) is 18.3. The number of hydrogen-bond acceptors (Lipinski definition) is 6. The van der Waals surface area contributed by atoms with E-state index in [1.54, 1.807) is 12.1 Å². The number of anilines is 1. The summed E-state index contributed by atoms with van der Waals surface area (Å²) in [7, 11) is 0. The zero-order valence-corrected chi connectivity index (χ0v) is 14.2. The van der Waals surface area contributed by atoms with Crippen molar-refractivity contribution in [2.75, 3.05) is 11.4 Å². The van der Waals surface area contributed by atoms with Gasteiger partial charge in [-0.2, -0.15) is 5.48 Å². The van der Waals surface area contributed by atoms with Crippen molar-refractivity contribution < 1.29 is 28.7 Å². The van der Waals surface area contributed by atoms with E-state index in [1.807, 2.05) is 5.48 Å². The van der Waals surface area contributed by atoms with Crippen LogP contribution >= 0.6 is 0 Å². The van der Waals surface area contributed by atoms with Gasteiger partial charge in [0.2, 0.25) is 5.91 Å². The van der Waals surface area contributed by atoms with Crippen LogP contribution < -0.4 is 15.7 Å². The number of nitrogens with zero attached hydrogens (tertiary/aromatic N) is 1. The quantitative estimate of drug-likeness (QED) is 0.697. The maximum absolute atomic E-state index is 14.6. The molecule has 1 saturated carbocycles. The molecular weight excluding hydrogens is 345 g/mol. The van der Waals surface area contributed by atoms with Crippen molar-refractivity contribution in [3.05, 3.63) is 29.6 Å². The van der Waals surface area contributed by atoms with Gasteiger partial charge in [0.05, 0.1) is 18.3 Å². The van der Waals surface area contributed by atoms with E-state index in [-0.39, 0.29) is 30.6 Å². The molecule has 3 N–H and O–H groups in total. The van der Waals surface area contributed by atoms with E-state index in [0.717, 1.165) is 0 Å². The van der Waals surface area contributed by atoms with E-state index in [9.17, 15) is 18.8 Å². The third-order valence-corrected chi connectivity index (χ3v) is 4.71. The summed E-state index contributed by atoms with van der Waals surface area (Å²) < 4.78 is 19.6. The average molecular weight is 365 g/mol. The lowest BCUT2D eigenvalue weighted by Gasteiger charge is -2.27. The zero-order valence-electron chi connectivity index (χ0n) is 14.2. The average Bonchev–Trinajstić information content (AvgIpc) is 2.94. The molecule has 1 heterocycles. The second kappa shape index (κ2) is 7.38. The Kier molecular flexibility index (Phi) is 5.19. The number of benzene rings is 1. The number of hydrogen-bond donors (Lipinski definition) is 3. The number of ketones is 1. The van der Waals surface area contributed by atoms with E-state index < -0.39 is 24.2 Å². The number of carbonyl (C=O) groups excluding carboxylic acids is 3. The predicted molar refractivity (Wildman–Crippen MR) is 88.1 cm³/mol. The molecule has 26 heavy (non-hydrogen) atoms. The molecule has 2 amide bonds. The smallest absolute Gasteiger partial charge is 0.416 e. The molecule has 1 saturated heterocycles. The Hall–Kier alpha value is -2.52. The predicted octanol–water partition coefficient (Wildman–Crippen LogP) is 1.43. The molecule has 1 aliphatic heterocycles. The molecule has 0 spiro atoms. The van der Waals surface area contributed by atoms with Crippen LogP contribution in [0.4, 0.5) is 14.9 Å². The van der Waals surface area contributed by atoms with Crippen LogP contribution in [0.15, 0.2) is 18.2 Å². The molecular formula is C17H20FN3O5. The van der Waals surface area contributed by atoms with E-state index >= 15 is 0 Å². The summed E-state index contributed by atoms with van der Waals surface area (Å²) >= 11 is 0. The van der Waals surface area contributed by atoms with E-state index in [2.05, 4.69) is 5.32 Å². The van der Waals surface area contributed by atoms with Crippen LogP contribution in [0, 0.1) is 5.82 Å². The molecule has 0 bridgehead atoms. The molecule has 140 valence electrons. The second-order valence-corrected chi connectivity index (χ2v) is 6.52. The topological polar surface area (TPSA) is 108 Å². The Morgan fingerprint density at radius 1 is 1.35 bits per heavy atom. The first-order chi connectivity index (χ1) is 12.4. The Morgan fingerprint density at radius 2 is 2.12 bits per heavy atom. The molecule has 9 heteroatoms. The van der Waals surface area contributed by atoms with Crippen molar-refractivity contribution in [1.29, 1.82) is 0 Å². The standard InChI is InChI=1S/C17H20FN3O5/c1-9(22)19-16-8-21(17(24)26-16)11-3-4-12(13(18)7-11)10-2-5-14(20-25)15(23)6-10/h3-4,7,10,14,16,20,25H,2,5-6,8H2,1H3,(H,19,22). The molecule has 1 aromatic carbocycles. The molecule has 0 radical (unpaired) electrons. The second-order valence-electron chi connectivity index (χ2n) is 6.52. The number of cyclic esters (lactones) is 1. The molecule has 1 aliphatic carbocycles. The fourth-order valence-corrected chi connectivity index (χ4v) is 3.41. The van der Waals surface area contributed by atoms with Crippen LogP contribution in [0.1, 0.15) is 37.7 Å². The molecule has 3 rings (SSSR count). The van der Waals surface area contributed by atoms with E-state index in [1.165, 1.54) is 17.9 Å². The van der Waals surface area contributed by atoms with E-state index in [0.29, 0.717) is 24.1 Å². The molecule has 2 fully saturated rings. The number of ether oxygens (including phenoxy) is 1. The molecule has 1 aromatic rings. The van der Waals surface area contributed by atoms with Crippen LogP contribution in [-0.4, -0.2) is 41.8 Å². The molecule has 3 unspecified atom stereocenters. The largest absolute Gasteiger partial charge is 0.423 e. The van der Waals surface area contributed by atoms with Gasteiger partial charge in [0, 0.05) is 13.3 Å². The molecule has 2 aliphatic rings. The number of rotatable bonds is 4. The zero-order chi connectivity index (χ0) is 18.8. The number of halogens is 1. The van der Waals surface area contributed by atoms with Gasteiger partial charge in [-0.05, 0) is 36.5 Å². The van der Waals surface area contributed by atoms with Crippen molar-refractivity contribution >= 4 is 23.5 Å². The highest BCUT2D eigenvalue weighted by molar-refractivity contribution is 5.90. The van der Waals surface area contributed by atoms with Crippen molar-refractivity contribution in [2.24, 2.45) is 0 Å². The number of carbonyl (C=O) groups is 3. The van der Waals surface area contributed by atoms with Gasteiger partial charge in [-0.1, -0.05) is 6.07 Å². The van der Waals surface area contributed by atoms with Crippen molar-refractivity contribution in [3.8, 4) is 0 Å². The Labute approximate surface area is 149 Å². The van der Waals surface area contributed by atoms with Crippen molar-refractivity contribution in [1.82, 2.24) is 10.8 Å². The lowest BCUT2D eigenvalue weighted by atomic mass is 9.81. The fourth-order valence-electron chi connectivity index (χ4n) is 3.41. The summed E-state index contributed by atoms with van der Waals surface area (Å²) in [4.78, 5) is 36.2. The number of nitrogens with one attached hydrogen (secondary N) is 2. The van der Waals surface area contributed by atoms with Crippen LogP contribution in [0.25, 0.3) is 0 Å². The third-order valence-electron chi connectivity index (χ3n) is 4.71. The van der Waals surface area contributed by atoms with Gasteiger partial charge >= 0.3 is 6.09 Å². The van der Waals surface area contributed by atoms with Crippen molar-refractivity contribution in [3.63, 3.8) is 0 Å². The maximum Gasteiger partial charge on any atom is 0.416 e. The Bertz CT molecular complexity index is 741. The minimum Gasteiger partial charge on any atom is -0.423 e. The molecule has 8 nitrogen and oxygen atoms in total.